The number of carbonyl (C=O) groups is 1. The summed E-state index contributed by atoms with van der Waals surface area (Å²) in [5, 5.41) is 19.1. The Labute approximate surface area is 217 Å². The number of amides is 1. The predicted octanol–water partition coefficient (Wildman–Crippen LogP) is 3.52. The smallest absolute Gasteiger partial charge is 0.256 e. The van der Waals surface area contributed by atoms with Gasteiger partial charge < -0.3 is 16.2 Å². The zero-order valence-corrected chi connectivity index (χ0v) is 20.6. The van der Waals surface area contributed by atoms with Crippen LogP contribution in [-0.2, 0) is 0 Å². The number of nitrogens with one attached hydrogen (secondary N) is 1. The van der Waals surface area contributed by atoms with Crippen LogP contribution < -0.4 is 11.1 Å². The second-order valence-corrected chi connectivity index (χ2v) is 9.84. The average molecular weight is 517 g/mol. The number of aliphatic hydroxyl groups is 1. The molecule has 4 aromatic rings. The lowest BCUT2D eigenvalue weighted by molar-refractivity contribution is 0.00222. The van der Waals surface area contributed by atoms with Crippen molar-refractivity contribution in [2.24, 2.45) is 5.92 Å². The van der Waals surface area contributed by atoms with Crippen molar-refractivity contribution in [3.63, 3.8) is 0 Å². The topological polar surface area (TPSA) is 135 Å². The Morgan fingerprint density at radius 2 is 2.05 bits per heavy atom. The van der Waals surface area contributed by atoms with Gasteiger partial charge >= 0.3 is 0 Å². The number of hydrogen-bond acceptors (Lipinski definition) is 8. The molecule has 10 nitrogen and oxygen atoms in total. The van der Waals surface area contributed by atoms with Gasteiger partial charge in [-0.3, -0.25) is 9.69 Å². The van der Waals surface area contributed by atoms with Gasteiger partial charge in [0.05, 0.1) is 16.5 Å². The Morgan fingerprint density at radius 1 is 1.22 bits per heavy atom. The van der Waals surface area contributed by atoms with Gasteiger partial charge in [-0.15, -0.1) is 0 Å². The Kier molecular flexibility index (Phi) is 5.86. The van der Waals surface area contributed by atoms with Crippen LogP contribution in [0.5, 0.6) is 0 Å². The minimum absolute atomic E-state index is 0.00102. The number of benzene rings is 1. The molecule has 4 atom stereocenters. The number of carbonyl (C=O) groups excluding carboxylic acids is 1. The summed E-state index contributed by atoms with van der Waals surface area (Å²) < 4.78 is 1.90. The molecule has 1 saturated carbocycles. The van der Waals surface area contributed by atoms with Crippen molar-refractivity contribution >= 4 is 40.2 Å². The molecule has 1 aliphatic heterocycles. The van der Waals surface area contributed by atoms with E-state index in [4.69, 9.17) is 22.4 Å². The Hall–Kier alpha value is -3.86. The number of nitrogens with zero attached hydrogens (tertiary/aromatic N) is 6. The second kappa shape index (κ2) is 9.22. The van der Waals surface area contributed by atoms with Crippen molar-refractivity contribution in [3.8, 4) is 11.3 Å². The normalized spacial score (nSPS) is 21.8. The molecule has 3 aromatic heterocycles. The van der Waals surface area contributed by atoms with Crippen LogP contribution >= 0.6 is 11.6 Å². The van der Waals surface area contributed by atoms with Gasteiger partial charge in [-0.05, 0) is 49.1 Å². The predicted molar refractivity (Wildman–Crippen MR) is 141 cm³/mol. The van der Waals surface area contributed by atoms with E-state index in [0.717, 1.165) is 19.4 Å². The fraction of sp³-hybridized carbons (Fsp3) is 0.269. The molecule has 1 aliphatic carbocycles. The molecule has 2 aliphatic rings. The van der Waals surface area contributed by atoms with Crippen LogP contribution in [0.2, 0.25) is 5.02 Å². The van der Waals surface area contributed by atoms with E-state index in [1.54, 1.807) is 48.7 Å². The molecule has 1 amide bonds. The third-order valence-electron chi connectivity index (χ3n) is 7.26. The number of anilines is 2. The number of nitrogen functional groups attached to an aromatic ring is 1. The van der Waals surface area contributed by atoms with E-state index in [0.29, 0.717) is 50.4 Å². The van der Waals surface area contributed by atoms with Crippen LogP contribution in [-0.4, -0.2) is 59.5 Å². The third kappa shape index (κ3) is 4.03. The second-order valence-electron chi connectivity index (χ2n) is 9.43. The van der Waals surface area contributed by atoms with Gasteiger partial charge in [-0.25, -0.2) is 19.6 Å². The minimum Gasteiger partial charge on any atom is -0.383 e. The largest absolute Gasteiger partial charge is 0.383 e. The van der Waals surface area contributed by atoms with E-state index in [9.17, 15) is 9.90 Å². The maximum absolute atomic E-state index is 12.7. The first kappa shape index (κ1) is 23.5. The number of aliphatic hydroxyl groups excluding tert-OH is 1. The average Bonchev–Trinajstić information content (AvgIpc) is 3.62. The van der Waals surface area contributed by atoms with Gasteiger partial charge in [0.1, 0.15) is 29.9 Å². The molecule has 188 valence electrons. The standard InChI is InChI=1S/C26H25ClN8O2/c1-2-21(36)34-12-14-9-18(34)19(10-14)35-25-22(24(28)30-13-31-25)23(33-35)16-7-6-15(11-17(16)27)26(37)32-20-5-3-4-8-29-20/h2-8,11,13-14,18-19,21,36H,1,9-10,12H2,(H2,28,30,31)(H,29,32,37)/t14-,18?,19?,21?/m1/s1. The summed E-state index contributed by atoms with van der Waals surface area (Å²) >= 11 is 6.70. The fourth-order valence-corrected chi connectivity index (χ4v) is 5.89. The van der Waals surface area contributed by atoms with Crippen molar-refractivity contribution in [1.82, 2.24) is 29.6 Å². The number of piperidine rings is 1. The molecule has 3 unspecified atom stereocenters. The highest BCUT2D eigenvalue weighted by molar-refractivity contribution is 6.34. The first-order valence-electron chi connectivity index (χ1n) is 12.0. The molecular weight excluding hydrogens is 492 g/mol. The molecule has 1 saturated heterocycles. The van der Waals surface area contributed by atoms with Crippen molar-refractivity contribution in [2.75, 3.05) is 17.6 Å². The van der Waals surface area contributed by atoms with Crippen LogP contribution in [0, 0.1) is 5.92 Å². The number of rotatable bonds is 6. The van der Waals surface area contributed by atoms with Crippen molar-refractivity contribution in [2.45, 2.75) is 31.2 Å². The number of halogens is 1. The Morgan fingerprint density at radius 3 is 2.78 bits per heavy atom. The summed E-state index contributed by atoms with van der Waals surface area (Å²) in [6, 6.07) is 10.4. The quantitative estimate of drug-likeness (QED) is 0.331. The van der Waals surface area contributed by atoms with Gasteiger partial charge in [0.15, 0.2) is 5.65 Å². The van der Waals surface area contributed by atoms with Gasteiger partial charge in [0.25, 0.3) is 5.91 Å². The van der Waals surface area contributed by atoms with Gasteiger partial charge in [0.2, 0.25) is 0 Å². The lowest BCUT2D eigenvalue weighted by Crippen LogP contribution is -2.44. The maximum Gasteiger partial charge on any atom is 0.256 e. The molecule has 0 spiro atoms. The van der Waals surface area contributed by atoms with Crippen LogP contribution in [0.25, 0.3) is 22.3 Å². The van der Waals surface area contributed by atoms with Gasteiger partial charge in [0, 0.05) is 29.9 Å². The molecule has 1 aromatic carbocycles. The first-order chi connectivity index (χ1) is 17.9. The number of pyridine rings is 1. The summed E-state index contributed by atoms with van der Waals surface area (Å²) in [4.78, 5) is 27.6. The first-order valence-corrected chi connectivity index (χ1v) is 12.4. The van der Waals surface area contributed by atoms with Crippen LogP contribution in [0.4, 0.5) is 11.6 Å². The molecule has 0 radical (unpaired) electrons. The van der Waals surface area contributed by atoms with E-state index in [-0.39, 0.29) is 18.0 Å². The number of aromatic nitrogens is 5. The highest BCUT2D eigenvalue weighted by atomic mass is 35.5. The molecular formula is C26H25ClN8O2. The number of likely N-dealkylation sites (tertiary alicyclic amines) is 1. The summed E-state index contributed by atoms with van der Waals surface area (Å²) in [6.07, 6.45) is 5.76. The number of nitrogens with two attached hydrogens (primary N) is 1. The third-order valence-corrected chi connectivity index (χ3v) is 7.58. The molecule has 11 heteroatoms. The summed E-state index contributed by atoms with van der Waals surface area (Å²) in [5.41, 5.74) is 8.47. The van der Waals surface area contributed by atoms with Gasteiger partial charge in [-0.1, -0.05) is 30.3 Å². The number of fused-ring (bicyclic) bond motifs is 3. The minimum atomic E-state index is -0.710. The molecule has 4 N–H and O–H groups in total. The lowest BCUT2D eigenvalue weighted by atomic mass is 10.1. The van der Waals surface area contributed by atoms with Crippen LogP contribution in [0.15, 0.2) is 61.6 Å². The Bertz CT molecular complexity index is 1510. The maximum atomic E-state index is 12.7. The van der Waals surface area contributed by atoms with E-state index < -0.39 is 6.23 Å². The Balaban J connectivity index is 1.38. The highest BCUT2D eigenvalue weighted by Crippen LogP contribution is 2.47. The number of hydrogen-bond donors (Lipinski definition) is 3. The van der Waals surface area contributed by atoms with E-state index in [2.05, 4.69) is 31.7 Å². The monoisotopic (exact) mass is 516 g/mol. The molecule has 2 bridgehead atoms. The van der Waals surface area contributed by atoms with Crippen molar-refractivity contribution in [1.29, 1.82) is 0 Å². The lowest BCUT2D eigenvalue weighted by Gasteiger charge is -2.35. The van der Waals surface area contributed by atoms with Gasteiger partial charge in [-0.2, -0.15) is 5.10 Å². The molecule has 2 fully saturated rings. The fourth-order valence-electron chi connectivity index (χ4n) is 5.62. The van der Waals surface area contributed by atoms with E-state index in [1.165, 1.54) is 6.33 Å². The van der Waals surface area contributed by atoms with Crippen LogP contribution in [0.3, 0.4) is 0 Å². The molecule has 6 rings (SSSR count). The highest BCUT2D eigenvalue weighted by Gasteiger charge is 2.48. The molecule has 4 heterocycles. The zero-order chi connectivity index (χ0) is 25.7. The van der Waals surface area contributed by atoms with Crippen molar-refractivity contribution in [3.05, 3.63) is 72.2 Å². The van der Waals surface area contributed by atoms with Crippen molar-refractivity contribution < 1.29 is 9.90 Å². The van der Waals surface area contributed by atoms with Crippen LogP contribution in [0.1, 0.15) is 29.2 Å². The summed E-state index contributed by atoms with van der Waals surface area (Å²) in [7, 11) is 0. The SMILES string of the molecule is C=CC(O)N1C[C@@H]2CC1C(n1nc(-c3ccc(C(=O)Nc4ccccn4)cc3Cl)c3c(N)ncnc31)C2. The zero-order valence-electron chi connectivity index (χ0n) is 19.8. The summed E-state index contributed by atoms with van der Waals surface area (Å²) in [5.74, 6) is 0.870. The molecule has 37 heavy (non-hydrogen) atoms. The van der Waals surface area contributed by atoms with E-state index >= 15 is 0 Å². The van der Waals surface area contributed by atoms with E-state index in [1.807, 2.05) is 4.68 Å². The summed E-state index contributed by atoms with van der Waals surface area (Å²) in [6.45, 7) is 4.57.